The molecule has 0 aliphatic carbocycles. The number of ketones is 1. The summed E-state index contributed by atoms with van der Waals surface area (Å²) < 4.78 is 15.3. The molecular formula is C14H20O4S. The predicted molar refractivity (Wildman–Crippen MR) is 76.1 cm³/mol. The molecule has 0 aliphatic heterocycles. The molecule has 0 fully saturated rings. The standard InChI is InChI=1S/C14H20O4S/c1-16-7-8-17-9-10-18-11-14(15)12-3-5-13(19-2)6-4-12/h3-6H,7-11H2,1-2H3. The van der Waals surface area contributed by atoms with Crippen molar-refractivity contribution in [1.82, 2.24) is 0 Å². The second kappa shape index (κ2) is 9.97. The first-order valence-corrected chi connectivity index (χ1v) is 7.32. The number of thioether (sulfide) groups is 1. The molecule has 0 radical (unpaired) electrons. The lowest BCUT2D eigenvalue weighted by Gasteiger charge is -2.05. The summed E-state index contributed by atoms with van der Waals surface area (Å²) in [7, 11) is 1.63. The van der Waals surface area contributed by atoms with Crippen molar-refractivity contribution in [3.05, 3.63) is 29.8 Å². The molecule has 0 bridgehead atoms. The minimum absolute atomic E-state index is 0.00968. The van der Waals surface area contributed by atoms with E-state index in [2.05, 4.69) is 0 Å². The van der Waals surface area contributed by atoms with Gasteiger partial charge in [-0.2, -0.15) is 0 Å². The van der Waals surface area contributed by atoms with Crippen LogP contribution in [0.5, 0.6) is 0 Å². The molecule has 0 unspecified atom stereocenters. The Bertz CT molecular complexity index is 364. The van der Waals surface area contributed by atoms with E-state index in [1.54, 1.807) is 18.9 Å². The maximum absolute atomic E-state index is 11.8. The molecule has 0 aromatic heterocycles. The first-order valence-electron chi connectivity index (χ1n) is 6.09. The van der Waals surface area contributed by atoms with Gasteiger partial charge in [-0.15, -0.1) is 11.8 Å². The summed E-state index contributed by atoms with van der Waals surface area (Å²) in [4.78, 5) is 12.9. The lowest BCUT2D eigenvalue weighted by atomic mass is 10.1. The molecule has 0 atom stereocenters. The minimum atomic E-state index is -0.00968. The van der Waals surface area contributed by atoms with Crippen molar-refractivity contribution >= 4 is 17.5 Å². The van der Waals surface area contributed by atoms with E-state index in [1.807, 2.05) is 30.5 Å². The molecular weight excluding hydrogens is 264 g/mol. The maximum Gasteiger partial charge on any atom is 0.188 e. The van der Waals surface area contributed by atoms with Crippen LogP contribution in [0, 0.1) is 0 Å². The summed E-state index contributed by atoms with van der Waals surface area (Å²) in [5, 5.41) is 0. The fourth-order valence-electron chi connectivity index (χ4n) is 1.39. The molecule has 0 heterocycles. The number of hydrogen-bond acceptors (Lipinski definition) is 5. The summed E-state index contributed by atoms with van der Waals surface area (Å²) >= 11 is 1.65. The van der Waals surface area contributed by atoms with E-state index in [0.717, 1.165) is 4.90 Å². The van der Waals surface area contributed by atoms with Gasteiger partial charge in [-0.05, 0) is 18.4 Å². The van der Waals surface area contributed by atoms with Crippen LogP contribution in [0.1, 0.15) is 10.4 Å². The van der Waals surface area contributed by atoms with Crippen molar-refractivity contribution in [1.29, 1.82) is 0 Å². The van der Waals surface area contributed by atoms with E-state index in [4.69, 9.17) is 14.2 Å². The summed E-state index contributed by atoms with van der Waals surface area (Å²) in [6.45, 7) is 2.09. The zero-order valence-electron chi connectivity index (χ0n) is 11.4. The van der Waals surface area contributed by atoms with Gasteiger partial charge >= 0.3 is 0 Å². The van der Waals surface area contributed by atoms with E-state index in [0.29, 0.717) is 32.0 Å². The van der Waals surface area contributed by atoms with Gasteiger partial charge in [-0.1, -0.05) is 12.1 Å². The van der Waals surface area contributed by atoms with Crippen LogP contribution in [0.25, 0.3) is 0 Å². The Labute approximate surface area is 118 Å². The monoisotopic (exact) mass is 284 g/mol. The third-order valence-corrected chi connectivity index (χ3v) is 3.19. The largest absolute Gasteiger partial charge is 0.382 e. The van der Waals surface area contributed by atoms with Crippen LogP contribution >= 0.6 is 11.8 Å². The summed E-state index contributed by atoms with van der Waals surface area (Å²) in [6.07, 6.45) is 2.00. The second-order valence-electron chi connectivity index (χ2n) is 3.81. The Hall–Kier alpha value is -0.880. The highest BCUT2D eigenvalue weighted by Gasteiger charge is 2.05. The van der Waals surface area contributed by atoms with Gasteiger partial charge in [0.2, 0.25) is 0 Å². The number of ether oxygens (including phenoxy) is 3. The quantitative estimate of drug-likeness (QED) is 0.375. The van der Waals surface area contributed by atoms with E-state index >= 15 is 0 Å². The fraction of sp³-hybridized carbons (Fsp3) is 0.500. The van der Waals surface area contributed by atoms with Crippen molar-refractivity contribution in [2.45, 2.75) is 4.90 Å². The van der Waals surface area contributed by atoms with E-state index < -0.39 is 0 Å². The van der Waals surface area contributed by atoms with Crippen molar-refractivity contribution in [3.63, 3.8) is 0 Å². The third kappa shape index (κ3) is 6.73. The smallest absolute Gasteiger partial charge is 0.188 e. The number of carbonyl (C=O) groups excluding carboxylic acids is 1. The van der Waals surface area contributed by atoms with Crippen LogP contribution in [0.4, 0.5) is 0 Å². The molecule has 0 spiro atoms. The molecule has 5 heteroatoms. The van der Waals surface area contributed by atoms with Gasteiger partial charge in [0.05, 0.1) is 26.4 Å². The first-order chi connectivity index (χ1) is 9.27. The van der Waals surface area contributed by atoms with Crippen LogP contribution in [0.2, 0.25) is 0 Å². The minimum Gasteiger partial charge on any atom is -0.382 e. The Morgan fingerprint density at radius 3 is 2.32 bits per heavy atom. The van der Waals surface area contributed by atoms with E-state index in [-0.39, 0.29) is 12.4 Å². The number of hydrogen-bond donors (Lipinski definition) is 0. The van der Waals surface area contributed by atoms with E-state index in [9.17, 15) is 4.79 Å². The molecule has 0 saturated heterocycles. The fourth-order valence-corrected chi connectivity index (χ4v) is 1.80. The zero-order chi connectivity index (χ0) is 13.9. The van der Waals surface area contributed by atoms with E-state index in [1.165, 1.54) is 0 Å². The highest BCUT2D eigenvalue weighted by atomic mass is 32.2. The van der Waals surface area contributed by atoms with Crippen molar-refractivity contribution in [2.24, 2.45) is 0 Å². The number of methoxy groups -OCH3 is 1. The van der Waals surface area contributed by atoms with Gasteiger partial charge in [0, 0.05) is 17.6 Å². The molecule has 4 nitrogen and oxygen atoms in total. The van der Waals surface area contributed by atoms with Crippen LogP contribution < -0.4 is 0 Å². The van der Waals surface area contributed by atoms with Gasteiger partial charge < -0.3 is 14.2 Å². The van der Waals surface area contributed by atoms with Gasteiger partial charge in [0.25, 0.3) is 0 Å². The summed E-state index contributed by atoms with van der Waals surface area (Å²) in [6, 6.07) is 7.52. The van der Waals surface area contributed by atoms with Crippen molar-refractivity contribution < 1.29 is 19.0 Å². The molecule has 106 valence electrons. The Morgan fingerprint density at radius 2 is 1.68 bits per heavy atom. The molecule has 1 rings (SSSR count). The number of benzene rings is 1. The molecule has 19 heavy (non-hydrogen) atoms. The highest BCUT2D eigenvalue weighted by Crippen LogP contribution is 2.15. The van der Waals surface area contributed by atoms with Crippen LogP contribution in [-0.2, 0) is 14.2 Å². The van der Waals surface area contributed by atoms with Crippen LogP contribution in [0.15, 0.2) is 29.2 Å². The highest BCUT2D eigenvalue weighted by molar-refractivity contribution is 7.98. The summed E-state index contributed by atoms with van der Waals surface area (Å²) in [5.74, 6) is -0.00968. The number of rotatable bonds is 10. The van der Waals surface area contributed by atoms with Gasteiger partial charge in [-0.25, -0.2) is 0 Å². The van der Waals surface area contributed by atoms with Crippen LogP contribution in [-0.4, -0.2) is 52.2 Å². The average molecular weight is 284 g/mol. The lowest BCUT2D eigenvalue weighted by molar-refractivity contribution is 0.0253. The average Bonchev–Trinajstić information content (AvgIpc) is 2.46. The molecule has 0 saturated carbocycles. The molecule has 0 aliphatic rings. The Kier molecular flexibility index (Phi) is 8.49. The topological polar surface area (TPSA) is 44.8 Å². The van der Waals surface area contributed by atoms with Gasteiger partial charge in [-0.3, -0.25) is 4.79 Å². The molecule has 1 aromatic rings. The number of carbonyl (C=O) groups is 1. The van der Waals surface area contributed by atoms with Crippen molar-refractivity contribution in [3.8, 4) is 0 Å². The Balaban J connectivity index is 2.16. The lowest BCUT2D eigenvalue weighted by Crippen LogP contribution is -2.13. The molecule has 0 N–H and O–H groups in total. The second-order valence-corrected chi connectivity index (χ2v) is 4.69. The van der Waals surface area contributed by atoms with Crippen LogP contribution in [0.3, 0.4) is 0 Å². The maximum atomic E-state index is 11.8. The first kappa shape index (κ1) is 16.2. The SMILES string of the molecule is COCCOCCOCC(=O)c1ccc(SC)cc1. The molecule has 0 amide bonds. The molecule has 1 aromatic carbocycles. The summed E-state index contributed by atoms with van der Waals surface area (Å²) in [5.41, 5.74) is 0.679. The predicted octanol–water partition coefficient (Wildman–Crippen LogP) is 2.27. The number of Topliss-reactive ketones (excluding diaryl/α,β-unsaturated/α-hetero) is 1. The Morgan fingerprint density at radius 1 is 1.05 bits per heavy atom. The normalized spacial score (nSPS) is 10.6. The third-order valence-electron chi connectivity index (χ3n) is 2.45. The van der Waals surface area contributed by atoms with Crippen molar-refractivity contribution in [2.75, 3.05) is 46.4 Å². The van der Waals surface area contributed by atoms with Gasteiger partial charge in [0.15, 0.2) is 5.78 Å². The van der Waals surface area contributed by atoms with Gasteiger partial charge in [0.1, 0.15) is 6.61 Å². The zero-order valence-corrected chi connectivity index (χ0v) is 12.2.